The lowest BCUT2D eigenvalue weighted by Crippen LogP contribution is -2.29. The third-order valence-electron chi connectivity index (χ3n) is 4.05. The van der Waals surface area contributed by atoms with Crippen molar-refractivity contribution in [3.05, 3.63) is 5.69 Å². The molecule has 1 aliphatic rings. The fraction of sp³-hybridized carbons (Fsp3) is 0.800. The summed E-state index contributed by atoms with van der Waals surface area (Å²) < 4.78 is 1.87. The number of rotatable bonds is 6. The van der Waals surface area contributed by atoms with Crippen molar-refractivity contribution in [3.63, 3.8) is 0 Å². The molecule has 114 valence electrons. The molecule has 1 aromatic rings. The summed E-state index contributed by atoms with van der Waals surface area (Å²) >= 11 is 0. The third kappa shape index (κ3) is 3.45. The van der Waals surface area contributed by atoms with Gasteiger partial charge in [-0.05, 0) is 37.8 Å². The molecule has 0 aromatic carbocycles. The van der Waals surface area contributed by atoms with Gasteiger partial charge in [0, 0.05) is 20.1 Å². The summed E-state index contributed by atoms with van der Waals surface area (Å²) in [4.78, 5) is 2.55. The third-order valence-corrected chi connectivity index (χ3v) is 4.05. The van der Waals surface area contributed by atoms with Crippen molar-refractivity contribution in [1.82, 2.24) is 14.7 Å². The summed E-state index contributed by atoms with van der Waals surface area (Å²) in [6.45, 7) is 11.2. The van der Waals surface area contributed by atoms with Gasteiger partial charge in [-0.3, -0.25) is 4.68 Å². The van der Waals surface area contributed by atoms with Crippen LogP contribution in [0.25, 0.3) is 0 Å². The van der Waals surface area contributed by atoms with Gasteiger partial charge in [0.1, 0.15) is 5.82 Å². The van der Waals surface area contributed by atoms with Gasteiger partial charge >= 0.3 is 0 Å². The molecule has 1 fully saturated rings. The highest BCUT2D eigenvalue weighted by Gasteiger charge is 2.18. The van der Waals surface area contributed by atoms with E-state index in [4.69, 9.17) is 5.73 Å². The van der Waals surface area contributed by atoms with E-state index >= 15 is 0 Å². The van der Waals surface area contributed by atoms with Crippen LogP contribution in [0.1, 0.15) is 45.2 Å². The Morgan fingerprint density at radius 3 is 2.45 bits per heavy atom. The Hall–Kier alpha value is -1.23. The first-order valence-electron chi connectivity index (χ1n) is 7.77. The minimum atomic E-state index is 0.360. The molecule has 0 amide bonds. The number of aryl methyl sites for hydroxylation is 1. The lowest BCUT2D eigenvalue weighted by Gasteiger charge is -2.21. The van der Waals surface area contributed by atoms with Crippen molar-refractivity contribution in [2.24, 2.45) is 13.0 Å². The quantitative estimate of drug-likeness (QED) is 0.838. The minimum Gasteiger partial charge on any atom is -0.394 e. The predicted octanol–water partition coefficient (Wildman–Crippen LogP) is 2.27. The Morgan fingerprint density at radius 1 is 1.25 bits per heavy atom. The highest BCUT2D eigenvalue weighted by molar-refractivity contribution is 5.65. The lowest BCUT2D eigenvalue weighted by molar-refractivity contribution is 0.294. The van der Waals surface area contributed by atoms with E-state index in [0.29, 0.717) is 11.8 Å². The molecule has 2 heterocycles. The summed E-state index contributed by atoms with van der Waals surface area (Å²) in [6.07, 6.45) is 2.71. The van der Waals surface area contributed by atoms with E-state index in [1.165, 1.54) is 32.5 Å². The molecule has 1 unspecified atom stereocenters. The second-order valence-electron chi connectivity index (χ2n) is 6.42. The number of nitrogens with one attached hydrogen (secondary N) is 1. The molecule has 0 bridgehead atoms. The molecule has 3 N–H and O–H groups in total. The van der Waals surface area contributed by atoms with Crippen LogP contribution >= 0.6 is 0 Å². The van der Waals surface area contributed by atoms with Gasteiger partial charge < -0.3 is 16.0 Å². The Kier molecular flexibility index (Phi) is 4.91. The summed E-state index contributed by atoms with van der Waals surface area (Å²) in [5, 5.41) is 7.99. The number of nitrogen functional groups attached to an aromatic ring is 1. The number of aromatic nitrogens is 2. The molecule has 0 saturated carbocycles. The van der Waals surface area contributed by atoms with Crippen LogP contribution < -0.4 is 11.1 Å². The monoisotopic (exact) mass is 279 g/mol. The van der Waals surface area contributed by atoms with Crippen molar-refractivity contribution in [3.8, 4) is 0 Å². The van der Waals surface area contributed by atoms with E-state index < -0.39 is 0 Å². The Labute approximate surface area is 122 Å². The van der Waals surface area contributed by atoms with Crippen molar-refractivity contribution < 1.29 is 0 Å². The Bertz CT molecular complexity index is 432. The number of hydrogen-bond acceptors (Lipinski definition) is 4. The molecule has 5 nitrogen and oxygen atoms in total. The Morgan fingerprint density at radius 2 is 1.90 bits per heavy atom. The van der Waals surface area contributed by atoms with Crippen LogP contribution in [0.2, 0.25) is 0 Å². The van der Waals surface area contributed by atoms with Gasteiger partial charge in [-0.25, -0.2) is 0 Å². The van der Waals surface area contributed by atoms with E-state index in [-0.39, 0.29) is 0 Å². The van der Waals surface area contributed by atoms with Crippen molar-refractivity contribution in [2.45, 2.75) is 39.5 Å². The molecule has 20 heavy (non-hydrogen) atoms. The number of nitrogens with two attached hydrogens (primary N) is 1. The van der Waals surface area contributed by atoms with Gasteiger partial charge in [0.15, 0.2) is 0 Å². The average Bonchev–Trinajstić information content (AvgIpc) is 2.96. The molecule has 0 radical (unpaired) electrons. The molecule has 1 aromatic heterocycles. The molecule has 2 rings (SSSR count). The number of likely N-dealkylation sites (tertiary alicyclic amines) is 1. The summed E-state index contributed by atoms with van der Waals surface area (Å²) in [5.74, 6) is 1.94. The van der Waals surface area contributed by atoms with E-state index in [9.17, 15) is 0 Å². The van der Waals surface area contributed by atoms with Gasteiger partial charge in [0.2, 0.25) is 0 Å². The molecular formula is C15H29N5. The summed E-state index contributed by atoms with van der Waals surface area (Å²) in [5.41, 5.74) is 7.99. The molecule has 1 atom stereocenters. The molecular weight excluding hydrogens is 250 g/mol. The zero-order chi connectivity index (χ0) is 14.7. The standard InChI is InChI=1S/C15H29N5/c1-11(2)14-13(16)15(19(4)18-14)17-9-12(3)10-20-7-5-6-8-20/h11-12,17H,5-10,16H2,1-4H3. The maximum absolute atomic E-state index is 6.20. The Balaban J connectivity index is 1.89. The zero-order valence-electron chi connectivity index (χ0n) is 13.3. The zero-order valence-corrected chi connectivity index (χ0v) is 13.3. The minimum absolute atomic E-state index is 0.360. The first-order valence-corrected chi connectivity index (χ1v) is 7.77. The van der Waals surface area contributed by atoms with Gasteiger partial charge in [0.25, 0.3) is 0 Å². The predicted molar refractivity (Wildman–Crippen MR) is 85.0 cm³/mol. The van der Waals surface area contributed by atoms with E-state index in [2.05, 4.69) is 36.1 Å². The maximum atomic E-state index is 6.20. The van der Waals surface area contributed by atoms with E-state index in [0.717, 1.165) is 23.7 Å². The smallest absolute Gasteiger partial charge is 0.147 e. The lowest BCUT2D eigenvalue weighted by atomic mass is 10.1. The first-order chi connectivity index (χ1) is 9.49. The van der Waals surface area contributed by atoms with Gasteiger partial charge in [-0.2, -0.15) is 5.10 Å². The van der Waals surface area contributed by atoms with Crippen LogP contribution in [-0.2, 0) is 7.05 Å². The van der Waals surface area contributed by atoms with Gasteiger partial charge in [-0.1, -0.05) is 20.8 Å². The normalized spacial score (nSPS) is 17.9. The highest BCUT2D eigenvalue weighted by Crippen LogP contribution is 2.27. The van der Waals surface area contributed by atoms with Crippen molar-refractivity contribution >= 4 is 11.5 Å². The molecule has 1 saturated heterocycles. The van der Waals surface area contributed by atoms with Crippen molar-refractivity contribution in [1.29, 1.82) is 0 Å². The van der Waals surface area contributed by atoms with Crippen LogP contribution in [0, 0.1) is 5.92 Å². The van der Waals surface area contributed by atoms with Crippen LogP contribution in [0.4, 0.5) is 11.5 Å². The van der Waals surface area contributed by atoms with Crippen LogP contribution in [0.5, 0.6) is 0 Å². The van der Waals surface area contributed by atoms with E-state index in [1.807, 2.05) is 11.7 Å². The van der Waals surface area contributed by atoms with Crippen molar-refractivity contribution in [2.75, 3.05) is 37.2 Å². The highest BCUT2D eigenvalue weighted by atomic mass is 15.3. The van der Waals surface area contributed by atoms with E-state index in [1.54, 1.807) is 0 Å². The first kappa shape index (κ1) is 15.2. The number of hydrogen-bond donors (Lipinski definition) is 2. The fourth-order valence-electron chi connectivity index (χ4n) is 2.94. The largest absolute Gasteiger partial charge is 0.394 e. The average molecular weight is 279 g/mol. The van der Waals surface area contributed by atoms with Gasteiger partial charge in [-0.15, -0.1) is 0 Å². The second-order valence-corrected chi connectivity index (χ2v) is 6.42. The van der Waals surface area contributed by atoms with Crippen LogP contribution in [0.15, 0.2) is 0 Å². The second kappa shape index (κ2) is 6.48. The SMILES string of the molecule is CC(CNc1c(N)c(C(C)C)nn1C)CN1CCCC1. The summed E-state index contributed by atoms with van der Waals surface area (Å²) in [6, 6.07) is 0. The number of anilines is 2. The molecule has 0 aliphatic carbocycles. The summed E-state index contributed by atoms with van der Waals surface area (Å²) in [7, 11) is 1.95. The van der Waals surface area contributed by atoms with Crippen LogP contribution in [0.3, 0.4) is 0 Å². The fourth-order valence-corrected chi connectivity index (χ4v) is 2.94. The van der Waals surface area contributed by atoms with Gasteiger partial charge in [0.05, 0.1) is 11.4 Å². The topological polar surface area (TPSA) is 59.1 Å². The van der Waals surface area contributed by atoms with Crippen LogP contribution in [-0.4, -0.2) is 40.9 Å². The molecule has 0 spiro atoms. The molecule has 1 aliphatic heterocycles. The maximum Gasteiger partial charge on any atom is 0.147 e. The number of nitrogens with zero attached hydrogens (tertiary/aromatic N) is 3. The molecule has 5 heteroatoms.